The summed E-state index contributed by atoms with van der Waals surface area (Å²) < 4.78 is 33.1. The fourth-order valence-electron chi connectivity index (χ4n) is 3.26. The van der Waals surface area contributed by atoms with Crippen molar-refractivity contribution in [2.75, 3.05) is 12.8 Å². The van der Waals surface area contributed by atoms with E-state index in [-0.39, 0.29) is 16.2 Å². The number of benzene rings is 3. The molecule has 0 saturated heterocycles. The van der Waals surface area contributed by atoms with Crippen LogP contribution in [0.5, 0.6) is 5.75 Å². The molecule has 7 heteroatoms. The summed E-state index contributed by atoms with van der Waals surface area (Å²) in [7, 11) is -2.53. The molecule has 0 spiro atoms. The Labute approximate surface area is 168 Å². The number of methoxy groups -OCH3 is 1. The monoisotopic (exact) mass is 406 g/mol. The number of fused-ring (bicyclic) bond motifs is 1. The summed E-state index contributed by atoms with van der Waals surface area (Å²) in [5.74, 6) is -0.0479. The minimum atomic E-state index is -4.00. The first-order valence-corrected chi connectivity index (χ1v) is 10.3. The van der Waals surface area contributed by atoms with Crippen LogP contribution in [-0.2, 0) is 10.0 Å². The van der Waals surface area contributed by atoms with Crippen molar-refractivity contribution in [1.29, 1.82) is 0 Å². The third-order valence-corrected chi connectivity index (χ3v) is 6.35. The maximum absolute atomic E-state index is 13.4. The molecule has 1 aromatic heterocycles. The normalized spacial score (nSPS) is 11.5. The van der Waals surface area contributed by atoms with Gasteiger partial charge in [0.15, 0.2) is 0 Å². The van der Waals surface area contributed by atoms with E-state index in [1.807, 2.05) is 0 Å². The lowest BCUT2D eigenvalue weighted by molar-refractivity contribution is 0.103. The number of nitrogen functional groups attached to an aromatic ring is 1. The average molecular weight is 406 g/mol. The van der Waals surface area contributed by atoms with Gasteiger partial charge < -0.3 is 10.5 Å². The molecule has 0 fully saturated rings. The minimum Gasteiger partial charge on any atom is -0.497 e. The highest BCUT2D eigenvalue weighted by atomic mass is 32.2. The van der Waals surface area contributed by atoms with E-state index < -0.39 is 15.8 Å². The van der Waals surface area contributed by atoms with Crippen molar-refractivity contribution in [2.45, 2.75) is 4.90 Å². The van der Waals surface area contributed by atoms with Gasteiger partial charge in [0.25, 0.3) is 10.0 Å². The molecule has 146 valence electrons. The van der Waals surface area contributed by atoms with Gasteiger partial charge in [0.05, 0.1) is 17.5 Å². The van der Waals surface area contributed by atoms with Gasteiger partial charge in [0.1, 0.15) is 11.4 Å². The van der Waals surface area contributed by atoms with Gasteiger partial charge in [-0.25, -0.2) is 12.4 Å². The molecule has 0 saturated carbocycles. The second kappa shape index (κ2) is 7.10. The van der Waals surface area contributed by atoms with Gasteiger partial charge in [0, 0.05) is 22.7 Å². The Balaban J connectivity index is 1.98. The van der Waals surface area contributed by atoms with Crippen molar-refractivity contribution in [2.24, 2.45) is 0 Å². The molecule has 1 heterocycles. The molecule has 4 rings (SSSR count). The number of ether oxygens (including phenoxy) is 1. The highest BCUT2D eigenvalue weighted by molar-refractivity contribution is 7.90. The molecule has 4 aromatic rings. The molecule has 0 amide bonds. The quantitative estimate of drug-likeness (QED) is 0.403. The first kappa shape index (κ1) is 18.8. The van der Waals surface area contributed by atoms with E-state index in [1.54, 1.807) is 54.6 Å². The molecule has 0 bridgehead atoms. The van der Waals surface area contributed by atoms with E-state index in [1.165, 1.54) is 31.4 Å². The summed E-state index contributed by atoms with van der Waals surface area (Å²) in [6.07, 6.45) is 0. The van der Waals surface area contributed by atoms with E-state index in [0.717, 1.165) is 3.97 Å². The zero-order valence-electron chi connectivity index (χ0n) is 15.6. The molecular formula is C22H18N2O4S. The number of rotatable bonds is 5. The molecule has 2 N–H and O–H groups in total. The van der Waals surface area contributed by atoms with Gasteiger partial charge in [-0.15, -0.1) is 0 Å². The fourth-order valence-corrected chi connectivity index (χ4v) is 4.80. The first-order chi connectivity index (χ1) is 13.9. The Kier molecular flexibility index (Phi) is 4.60. The van der Waals surface area contributed by atoms with Crippen LogP contribution >= 0.6 is 0 Å². The number of hydrogen-bond donors (Lipinski definition) is 1. The van der Waals surface area contributed by atoms with Gasteiger partial charge in [-0.05, 0) is 36.4 Å². The highest BCUT2D eigenvalue weighted by Crippen LogP contribution is 2.29. The summed E-state index contributed by atoms with van der Waals surface area (Å²) in [5, 5.41) is 0.645. The van der Waals surface area contributed by atoms with Crippen LogP contribution in [0, 0.1) is 0 Å². The summed E-state index contributed by atoms with van der Waals surface area (Å²) >= 11 is 0. The van der Waals surface area contributed by atoms with E-state index in [2.05, 4.69) is 0 Å². The third-order valence-electron chi connectivity index (χ3n) is 4.61. The van der Waals surface area contributed by atoms with Crippen molar-refractivity contribution in [3.05, 3.63) is 90.1 Å². The van der Waals surface area contributed by atoms with Gasteiger partial charge in [0.2, 0.25) is 5.78 Å². The lowest BCUT2D eigenvalue weighted by atomic mass is 10.1. The molecule has 0 aliphatic heterocycles. The summed E-state index contributed by atoms with van der Waals surface area (Å²) in [4.78, 5) is 13.4. The molecule has 0 atom stereocenters. The van der Waals surface area contributed by atoms with Crippen molar-refractivity contribution in [1.82, 2.24) is 3.97 Å². The Morgan fingerprint density at radius 2 is 1.62 bits per heavy atom. The van der Waals surface area contributed by atoms with Crippen molar-refractivity contribution >= 4 is 32.4 Å². The number of hydrogen-bond acceptors (Lipinski definition) is 5. The molecule has 0 aliphatic rings. The number of anilines is 1. The standard InChI is InChI=1S/C22H18N2O4S/c1-28-18-12-16(11-17(23)14-18)22(25)21-13-15-7-5-6-10-20(15)24(21)29(26,27)19-8-3-2-4-9-19/h2-14H,23H2,1H3. The smallest absolute Gasteiger partial charge is 0.268 e. The Morgan fingerprint density at radius 1 is 0.931 bits per heavy atom. The number of nitrogens with zero attached hydrogens (tertiary/aromatic N) is 1. The number of carbonyl (C=O) groups excluding carboxylic acids is 1. The van der Waals surface area contributed by atoms with Crippen LogP contribution in [0.2, 0.25) is 0 Å². The van der Waals surface area contributed by atoms with Gasteiger partial charge in [-0.1, -0.05) is 36.4 Å². The lowest BCUT2D eigenvalue weighted by Gasteiger charge is -2.12. The van der Waals surface area contributed by atoms with Crippen LogP contribution in [0.4, 0.5) is 5.69 Å². The maximum Gasteiger partial charge on any atom is 0.268 e. The first-order valence-electron chi connectivity index (χ1n) is 8.82. The largest absolute Gasteiger partial charge is 0.497 e. The van der Waals surface area contributed by atoms with E-state index in [0.29, 0.717) is 22.3 Å². The highest BCUT2D eigenvalue weighted by Gasteiger charge is 2.27. The number of aromatic nitrogens is 1. The zero-order valence-corrected chi connectivity index (χ0v) is 16.4. The van der Waals surface area contributed by atoms with Gasteiger partial charge in [-0.2, -0.15) is 0 Å². The van der Waals surface area contributed by atoms with Crippen LogP contribution in [0.25, 0.3) is 10.9 Å². The molecule has 29 heavy (non-hydrogen) atoms. The van der Waals surface area contributed by atoms with Crippen LogP contribution in [0.1, 0.15) is 16.1 Å². The Morgan fingerprint density at radius 3 is 2.34 bits per heavy atom. The second-order valence-corrected chi connectivity index (χ2v) is 8.28. The van der Waals surface area contributed by atoms with Crippen LogP contribution < -0.4 is 10.5 Å². The predicted molar refractivity (Wildman–Crippen MR) is 112 cm³/mol. The summed E-state index contributed by atoms with van der Waals surface area (Å²) in [5.41, 5.74) is 6.93. The SMILES string of the molecule is COc1cc(N)cc(C(=O)c2cc3ccccc3n2S(=O)(=O)c2ccccc2)c1. The minimum absolute atomic E-state index is 0.0303. The summed E-state index contributed by atoms with van der Waals surface area (Å²) in [6, 6.07) is 21.2. The zero-order chi connectivity index (χ0) is 20.6. The van der Waals surface area contributed by atoms with Gasteiger partial charge >= 0.3 is 0 Å². The van der Waals surface area contributed by atoms with E-state index >= 15 is 0 Å². The Hall–Kier alpha value is -3.58. The molecule has 0 unspecified atom stereocenters. The van der Waals surface area contributed by atoms with E-state index in [4.69, 9.17) is 10.5 Å². The number of para-hydroxylation sites is 1. The van der Waals surface area contributed by atoms with Crippen molar-refractivity contribution in [3.8, 4) is 5.75 Å². The Bertz CT molecular complexity index is 1330. The number of ketones is 1. The second-order valence-electron chi connectivity index (χ2n) is 6.49. The number of carbonyl (C=O) groups is 1. The fraction of sp³-hybridized carbons (Fsp3) is 0.0455. The maximum atomic E-state index is 13.4. The number of nitrogens with two attached hydrogens (primary N) is 1. The molecular weight excluding hydrogens is 388 g/mol. The molecule has 6 nitrogen and oxygen atoms in total. The third kappa shape index (κ3) is 3.25. The van der Waals surface area contributed by atoms with Crippen molar-refractivity contribution in [3.63, 3.8) is 0 Å². The molecule has 0 radical (unpaired) electrons. The average Bonchev–Trinajstić information content (AvgIpc) is 3.13. The molecule has 3 aromatic carbocycles. The van der Waals surface area contributed by atoms with Crippen molar-refractivity contribution < 1.29 is 17.9 Å². The molecule has 0 aliphatic carbocycles. The lowest BCUT2D eigenvalue weighted by Crippen LogP contribution is -2.19. The van der Waals surface area contributed by atoms with E-state index in [9.17, 15) is 13.2 Å². The van der Waals surface area contributed by atoms with Crippen LogP contribution in [-0.4, -0.2) is 25.3 Å². The topological polar surface area (TPSA) is 91.4 Å². The predicted octanol–water partition coefficient (Wildman–Crippen LogP) is 3.70. The summed E-state index contributed by atoms with van der Waals surface area (Å²) in [6.45, 7) is 0. The van der Waals surface area contributed by atoms with Gasteiger partial charge in [-0.3, -0.25) is 4.79 Å². The van der Waals surface area contributed by atoms with Crippen LogP contribution in [0.15, 0.2) is 83.8 Å². The van der Waals surface area contributed by atoms with Crippen LogP contribution in [0.3, 0.4) is 0 Å².